The van der Waals surface area contributed by atoms with E-state index >= 15 is 0 Å². The van der Waals surface area contributed by atoms with Crippen LogP contribution in [0.15, 0.2) is 63.8 Å². The van der Waals surface area contributed by atoms with Gasteiger partial charge in [0.25, 0.3) is 0 Å². The fourth-order valence-corrected chi connectivity index (χ4v) is 3.14. The molecule has 2 aromatic carbocycles. The third-order valence-corrected chi connectivity index (χ3v) is 4.34. The summed E-state index contributed by atoms with van der Waals surface area (Å²) in [5.41, 5.74) is 2.72. The second-order valence-electron chi connectivity index (χ2n) is 5.85. The van der Waals surface area contributed by atoms with Crippen LogP contribution in [-0.2, 0) is 0 Å². The minimum absolute atomic E-state index is 0.0218. The van der Waals surface area contributed by atoms with Gasteiger partial charge in [-0.05, 0) is 11.6 Å². The minimum atomic E-state index is 0.0218. The zero-order chi connectivity index (χ0) is 15.6. The second-order valence-corrected chi connectivity index (χ2v) is 5.85. The Balaban J connectivity index is 1.91. The molecule has 23 heavy (non-hydrogen) atoms. The normalized spacial score (nSPS) is 15.0. The quantitative estimate of drug-likeness (QED) is 0.786. The van der Waals surface area contributed by atoms with Crippen molar-refractivity contribution < 1.29 is 9.73 Å². The lowest BCUT2D eigenvalue weighted by atomic mass is 10.0. The summed E-state index contributed by atoms with van der Waals surface area (Å²) in [5, 5.41) is 2.92. The van der Waals surface area contributed by atoms with Crippen molar-refractivity contribution in [1.29, 1.82) is 0 Å². The number of piperazine rings is 1. The molecule has 1 fully saturated rings. The van der Waals surface area contributed by atoms with Gasteiger partial charge < -0.3 is 14.6 Å². The van der Waals surface area contributed by atoms with Gasteiger partial charge in [-0.15, -0.1) is 0 Å². The topological polar surface area (TPSA) is 50.1 Å². The van der Waals surface area contributed by atoms with Crippen molar-refractivity contribution in [2.75, 3.05) is 31.1 Å². The molecule has 2 heterocycles. The number of anilines is 1. The molecular formula is C19H19N2O2+. The van der Waals surface area contributed by atoms with Crippen LogP contribution < -0.4 is 15.6 Å². The third-order valence-electron chi connectivity index (χ3n) is 4.34. The largest absolute Gasteiger partial charge is 0.440 e. The summed E-state index contributed by atoms with van der Waals surface area (Å²) in [5.74, 6) is 0.680. The molecule has 1 aromatic heterocycles. The Morgan fingerprint density at radius 1 is 0.957 bits per heavy atom. The van der Waals surface area contributed by atoms with Gasteiger partial charge in [0.15, 0.2) is 11.3 Å². The summed E-state index contributed by atoms with van der Waals surface area (Å²) < 4.78 is 6.18. The molecule has 3 aromatic rings. The number of nitrogens with two attached hydrogens (primary N) is 1. The lowest BCUT2D eigenvalue weighted by molar-refractivity contribution is -0.655. The van der Waals surface area contributed by atoms with Crippen LogP contribution in [0.2, 0.25) is 0 Å². The number of fused-ring (bicyclic) bond motifs is 1. The Morgan fingerprint density at radius 3 is 2.52 bits per heavy atom. The van der Waals surface area contributed by atoms with Crippen molar-refractivity contribution in [1.82, 2.24) is 0 Å². The molecule has 1 saturated heterocycles. The van der Waals surface area contributed by atoms with E-state index in [1.54, 1.807) is 6.07 Å². The third kappa shape index (κ3) is 2.62. The lowest BCUT2D eigenvalue weighted by Crippen LogP contribution is -2.89. The summed E-state index contributed by atoms with van der Waals surface area (Å²) in [6.45, 7) is 3.87. The first-order chi connectivity index (χ1) is 11.3. The summed E-state index contributed by atoms with van der Waals surface area (Å²) in [4.78, 5) is 14.7. The molecule has 0 aliphatic carbocycles. The van der Waals surface area contributed by atoms with Crippen LogP contribution in [0.1, 0.15) is 0 Å². The zero-order valence-corrected chi connectivity index (χ0v) is 12.9. The highest BCUT2D eigenvalue weighted by Crippen LogP contribution is 2.29. The molecular weight excluding hydrogens is 288 g/mol. The van der Waals surface area contributed by atoms with Crippen molar-refractivity contribution in [2.24, 2.45) is 0 Å². The molecule has 1 aliphatic rings. The molecule has 2 N–H and O–H groups in total. The van der Waals surface area contributed by atoms with Gasteiger partial charge in [0.1, 0.15) is 5.58 Å². The van der Waals surface area contributed by atoms with Crippen LogP contribution >= 0.6 is 0 Å². The second kappa shape index (κ2) is 5.89. The standard InChI is InChI=1S/C19H18N2O2/c22-17-13-18(21-11-9-20-10-12-21)23-19-15(7-4-8-16(17)19)14-5-2-1-3-6-14/h1-8,13,20H,9-12H2/p+1. The number of hydrogen-bond donors (Lipinski definition) is 1. The number of nitrogens with zero attached hydrogens (tertiary/aromatic N) is 1. The van der Waals surface area contributed by atoms with E-state index in [-0.39, 0.29) is 5.43 Å². The highest BCUT2D eigenvalue weighted by Gasteiger charge is 2.17. The van der Waals surface area contributed by atoms with Gasteiger partial charge >= 0.3 is 0 Å². The zero-order valence-electron chi connectivity index (χ0n) is 12.9. The van der Waals surface area contributed by atoms with Crippen LogP contribution in [0.3, 0.4) is 0 Å². The average Bonchev–Trinajstić information content (AvgIpc) is 2.63. The monoisotopic (exact) mass is 307 g/mol. The SMILES string of the molecule is O=c1cc(N2CC[NH2+]CC2)oc2c(-c3ccccc3)cccc12. The Labute approximate surface area is 134 Å². The Morgan fingerprint density at radius 2 is 1.74 bits per heavy atom. The summed E-state index contributed by atoms with van der Waals surface area (Å²) in [7, 11) is 0. The smallest absolute Gasteiger partial charge is 0.200 e. The lowest BCUT2D eigenvalue weighted by Gasteiger charge is -2.25. The predicted molar refractivity (Wildman–Crippen MR) is 91.8 cm³/mol. The summed E-state index contributed by atoms with van der Waals surface area (Å²) in [6.07, 6.45) is 0. The van der Waals surface area contributed by atoms with E-state index in [1.165, 1.54) is 0 Å². The van der Waals surface area contributed by atoms with Gasteiger partial charge in [-0.2, -0.15) is 0 Å². The Hall–Kier alpha value is -2.59. The molecule has 1 aliphatic heterocycles. The number of rotatable bonds is 2. The van der Waals surface area contributed by atoms with Crippen LogP contribution in [0, 0.1) is 0 Å². The van der Waals surface area contributed by atoms with Crippen molar-refractivity contribution >= 4 is 16.9 Å². The summed E-state index contributed by atoms with van der Waals surface area (Å²) >= 11 is 0. The summed E-state index contributed by atoms with van der Waals surface area (Å²) in [6, 6.07) is 17.4. The van der Waals surface area contributed by atoms with Crippen molar-refractivity contribution in [3.05, 3.63) is 64.8 Å². The first-order valence-electron chi connectivity index (χ1n) is 8.02. The molecule has 0 atom stereocenters. The molecule has 0 saturated carbocycles. The van der Waals surface area contributed by atoms with Gasteiger partial charge in [0.05, 0.1) is 31.6 Å². The average molecular weight is 307 g/mol. The molecule has 0 amide bonds. The van der Waals surface area contributed by atoms with Crippen molar-refractivity contribution in [3.63, 3.8) is 0 Å². The van der Waals surface area contributed by atoms with E-state index in [0.29, 0.717) is 16.9 Å². The van der Waals surface area contributed by atoms with Gasteiger partial charge in [-0.3, -0.25) is 4.79 Å². The molecule has 0 spiro atoms. The maximum atomic E-state index is 12.5. The molecule has 0 bridgehead atoms. The van der Waals surface area contributed by atoms with E-state index < -0.39 is 0 Å². The highest BCUT2D eigenvalue weighted by molar-refractivity contribution is 5.92. The molecule has 0 unspecified atom stereocenters. The van der Waals surface area contributed by atoms with Crippen LogP contribution in [0.4, 0.5) is 5.88 Å². The maximum absolute atomic E-state index is 12.5. The number of quaternary nitrogens is 1. The van der Waals surface area contributed by atoms with Gasteiger partial charge in [0.2, 0.25) is 0 Å². The van der Waals surface area contributed by atoms with E-state index in [2.05, 4.69) is 10.2 Å². The molecule has 4 heteroatoms. The fraction of sp³-hybridized carbons (Fsp3) is 0.211. The molecule has 116 valence electrons. The first kappa shape index (κ1) is 14.0. The van der Waals surface area contributed by atoms with E-state index in [9.17, 15) is 4.79 Å². The number of benzene rings is 2. The highest BCUT2D eigenvalue weighted by atomic mass is 16.4. The van der Waals surface area contributed by atoms with Gasteiger partial charge in [-0.1, -0.05) is 42.5 Å². The Bertz CT molecular complexity index is 881. The van der Waals surface area contributed by atoms with E-state index in [1.807, 2.05) is 48.5 Å². The fourth-order valence-electron chi connectivity index (χ4n) is 3.14. The maximum Gasteiger partial charge on any atom is 0.200 e. The van der Waals surface area contributed by atoms with E-state index in [4.69, 9.17) is 4.42 Å². The van der Waals surface area contributed by atoms with Crippen molar-refractivity contribution in [2.45, 2.75) is 0 Å². The van der Waals surface area contributed by atoms with Crippen LogP contribution in [-0.4, -0.2) is 26.2 Å². The minimum Gasteiger partial charge on any atom is -0.440 e. The number of para-hydroxylation sites is 1. The van der Waals surface area contributed by atoms with E-state index in [0.717, 1.165) is 37.3 Å². The number of hydrogen-bond acceptors (Lipinski definition) is 3. The van der Waals surface area contributed by atoms with Crippen LogP contribution in [0.25, 0.3) is 22.1 Å². The van der Waals surface area contributed by atoms with Gasteiger partial charge in [0, 0.05) is 11.6 Å². The van der Waals surface area contributed by atoms with Gasteiger partial charge in [-0.25, -0.2) is 0 Å². The van der Waals surface area contributed by atoms with Crippen LogP contribution in [0.5, 0.6) is 0 Å². The Kier molecular flexibility index (Phi) is 3.60. The molecule has 4 rings (SSSR count). The van der Waals surface area contributed by atoms with Crippen molar-refractivity contribution in [3.8, 4) is 11.1 Å². The molecule has 0 radical (unpaired) electrons. The predicted octanol–water partition coefficient (Wildman–Crippen LogP) is 1.84. The molecule has 4 nitrogen and oxygen atoms in total. The first-order valence-corrected chi connectivity index (χ1v) is 8.02.